The summed E-state index contributed by atoms with van der Waals surface area (Å²) in [5, 5.41) is 0. The number of aromatic nitrogens is 1. The summed E-state index contributed by atoms with van der Waals surface area (Å²) in [7, 11) is 3.59. The third kappa shape index (κ3) is 2.62. The number of nitrogens with one attached hydrogen (secondary N) is 1. The van der Waals surface area contributed by atoms with Gasteiger partial charge >= 0.3 is 5.97 Å². The molecule has 94 valence electrons. The molecule has 4 heteroatoms. The largest absolute Gasteiger partial charge is 0.469 e. The molecule has 4 nitrogen and oxygen atoms in total. The number of hydrogen-bond donors (Lipinski definition) is 1. The Balaban J connectivity index is 1.89. The van der Waals surface area contributed by atoms with E-state index in [4.69, 9.17) is 4.74 Å². The molecule has 17 heavy (non-hydrogen) atoms. The summed E-state index contributed by atoms with van der Waals surface area (Å²) in [6.07, 6.45) is 7.93. The molecule has 1 heterocycles. The Morgan fingerprint density at radius 1 is 1.41 bits per heavy atom. The molecule has 1 aliphatic carbocycles. The van der Waals surface area contributed by atoms with E-state index in [0.717, 1.165) is 25.7 Å². The van der Waals surface area contributed by atoms with Gasteiger partial charge in [0, 0.05) is 25.5 Å². The first-order chi connectivity index (χ1) is 8.22. The summed E-state index contributed by atoms with van der Waals surface area (Å²) in [5.41, 5.74) is 1.21. The fourth-order valence-electron chi connectivity index (χ4n) is 2.61. The molecular weight excluding hydrogens is 216 g/mol. The van der Waals surface area contributed by atoms with Crippen LogP contribution in [0.4, 0.5) is 5.69 Å². The number of carbonyl (C=O) groups excluding carboxylic acids is 1. The van der Waals surface area contributed by atoms with Crippen LogP contribution in [0.2, 0.25) is 0 Å². The molecule has 1 aliphatic rings. The van der Waals surface area contributed by atoms with E-state index in [2.05, 4.69) is 23.0 Å². The van der Waals surface area contributed by atoms with E-state index in [-0.39, 0.29) is 11.9 Å². The van der Waals surface area contributed by atoms with Crippen LogP contribution in [0, 0.1) is 5.92 Å². The minimum absolute atomic E-state index is 0.0484. The molecule has 0 saturated heterocycles. The van der Waals surface area contributed by atoms with E-state index in [0.29, 0.717) is 6.04 Å². The van der Waals surface area contributed by atoms with Crippen LogP contribution in [0.1, 0.15) is 25.7 Å². The van der Waals surface area contributed by atoms with E-state index in [1.165, 1.54) is 12.8 Å². The fourth-order valence-corrected chi connectivity index (χ4v) is 2.61. The first-order valence-electron chi connectivity index (χ1n) is 6.16. The monoisotopic (exact) mass is 236 g/mol. The maximum Gasteiger partial charge on any atom is 0.308 e. The van der Waals surface area contributed by atoms with Gasteiger partial charge in [-0.25, -0.2) is 0 Å². The Bertz CT molecular complexity index is 354. The number of esters is 1. The standard InChI is InChI=1S/C13H20N2O2/c1-15(12-7-8-14-9-12)11-5-3-10(4-6-11)13(16)17-2/h7-11,14H,3-6H2,1-2H3. The Hall–Kier alpha value is -1.45. The van der Waals surface area contributed by atoms with E-state index >= 15 is 0 Å². The van der Waals surface area contributed by atoms with Gasteiger partial charge in [-0.05, 0) is 31.7 Å². The van der Waals surface area contributed by atoms with Crippen molar-refractivity contribution in [3.05, 3.63) is 18.5 Å². The Labute approximate surface area is 102 Å². The molecule has 1 aromatic heterocycles. The van der Waals surface area contributed by atoms with Crippen molar-refractivity contribution in [2.45, 2.75) is 31.7 Å². The van der Waals surface area contributed by atoms with Crippen molar-refractivity contribution in [2.75, 3.05) is 19.1 Å². The predicted molar refractivity (Wildman–Crippen MR) is 67.0 cm³/mol. The quantitative estimate of drug-likeness (QED) is 0.818. The second-order valence-electron chi connectivity index (χ2n) is 4.71. The molecule has 0 unspecified atom stereocenters. The van der Waals surface area contributed by atoms with Crippen LogP contribution >= 0.6 is 0 Å². The molecule has 1 saturated carbocycles. The van der Waals surface area contributed by atoms with Crippen LogP contribution in [0.5, 0.6) is 0 Å². The van der Waals surface area contributed by atoms with Crippen molar-refractivity contribution in [1.82, 2.24) is 4.98 Å². The number of hydrogen-bond acceptors (Lipinski definition) is 3. The average molecular weight is 236 g/mol. The predicted octanol–water partition coefficient (Wildman–Crippen LogP) is 2.18. The molecular formula is C13H20N2O2. The van der Waals surface area contributed by atoms with Gasteiger partial charge in [-0.15, -0.1) is 0 Å². The molecule has 0 bridgehead atoms. The van der Waals surface area contributed by atoms with Crippen molar-refractivity contribution in [2.24, 2.45) is 5.92 Å². The van der Waals surface area contributed by atoms with Gasteiger partial charge in [0.2, 0.25) is 0 Å². The maximum absolute atomic E-state index is 11.4. The number of aromatic amines is 1. The van der Waals surface area contributed by atoms with Gasteiger partial charge in [0.05, 0.1) is 18.7 Å². The van der Waals surface area contributed by atoms with Crippen LogP contribution in [0.15, 0.2) is 18.5 Å². The van der Waals surface area contributed by atoms with Crippen LogP contribution in [-0.2, 0) is 9.53 Å². The minimum atomic E-state index is -0.0484. The number of H-pyrrole nitrogens is 1. The normalized spacial score (nSPS) is 24.4. The minimum Gasteiger partial charge on any atom is -0.469 e. The molecule has 0 aliphatic heterocycles. The van der Waals surface area contributed by atoms with Crippen molar-refractivity contribution >= 4 is 11.7 Å². The zero-order valence-electron chi connectivity index (χ0n) is 10.5. The third-order valence-corrected chi connectivity index (χ3v) is 3.77. The Morgan fingerprint density at radius 2 is 2.12 bits per heavy atom. The van der Waals surface area contributed by atoms with Gasteiger partial charge in [0.15, 0.2) is 0 Å². The van der Waals surface area contributed by atoms with Crippen LogP contribution < -0.4 is 4.90 Å². The average Bonchev–Trinajstić information content (AvgIpc) is 2.91. The highest BCUT2D eigenvalue weighted by atomic mass is 16.5. The third-order valence-electron chi connectivity index (χ3n) is 3.77. The van der Waals surface area contributed by atoms with E-state index < -0.39 is 0 Å². The lowest BCUT2D eigenvalue weighted by Crippen LogP contribution is -2.36. The number of anilines is 1. The van der Waals surface area contributed by atoms with Crippen molar-refractivity contribution < 1.29 is 9.53 Å². The SMILES string of the molecule is COC(=O)C1CCC(N(C)c2cc[nH]c2)CC1. The maximum atomic E-state index is 11.4. The topological polar surface area (TPSA) is 45.3 Å². The summed E-state index contributed by atoms with van der Waals surface area (Å²) < 4.78 is 4.80. The number of methoxy groups -OCH3 is 1. The lowest BCUT2D eigenvalue weighted by atomic mass is 9.85. The van der Waals surface area contributed by atoms with E-state index in [1.807, 2.05) is 12.4 Å². The molecule has 0 aromatic carbocycles. The smallest absolute Gasteiger partial charge is 0.308 e. The van der Waals surface area contributed by atoms with Gasteiger partial charge in [-0.1, -0.05) is 0 Å². The first kappa shape index (κ1) is 12.0. The zero-order chi connectivity index (χ0) is 12.3. The van der Waals surface area contributed by atoms with Crippen molar-refractivity contribution in [3.8, 4) is 0 Å². The second-order valence-corrected chi connectivity index (χ2v) is 4.71. The number of nitrogens with zero attached hydrogens (tertiary/aromatic N) is 1. The summed E-state index contributed by atoms with van der Waals surface area (Å²) in [6, 6.07) is 2.61. The molecule has 0 radical (unpaired) electrons. The molecule has 1 fully saturated rings. The van der Waals surface area contributed by atoms with Gasteiger partial charge in [-0.2, -0.15) is 0 Å². The van der Waals surface area contributed by atoms with Crippen molar-refractivity contribution in [3.63, 3.8) is 0 Å². The summed E-state index contributed by atoms with van der Waals surface area (Å²) in [4.78, 5) is 16.8. The summed E-state index contributed by atoms with van der Waals surface area (Å²) >= 11 is 0. The number of ether oxygens (including phenoxy) is 1. The van der Waals surface area contributed by atoms with Gasteiger partial charge < -0.3 is 14.6 Å². The second kappa shape index (κ2) is 5.25. The fraction of sp³-hybridized carbons (Fsp3) is 0.615. The zero-order valence-corrected chi connectivity index (χ0v) is 10.5. The van der Waals surface area contributed by atoms with Crippen LogP contribution in [0.3, 0.4) is 0 Å². The van der Waals surface area contributed by atoms with E-state index in [9.17, 15) is 4.79 Å². The molecule has 1 aromatic rings. The highest BCUT2D eigenvalue weighted by Crippen LogP contribution is 2.30. The van der Waals surface area contributed by atoms with Crippen molar-refractivity contribution in [1.29, 1.82) is 0 Å². The van der Waals surface area contributed by atoms with Crippen LogP contribution in [-0.4, -0.2) is 31.2 Å². The number of carbonyl (C=O) groups is 1. The summed E-state index contributed by atoms with van der Waals surface area (Å²) in [5.74, 6) is 0.0589. The van der Waals surface area contributed by atoms with E-state index in [1.54, 1.807) is 0 Å². The van der Waals surface area contributed by atoms with Gasteiger partial charge in [0.25, 0.3) is 0 Å². The van der Waals surface area contributed by atoms with Gasteiger partial charge in [-0.3, -0.25) is 4.79 Å². The summed E-state index contributed by atoms with van der Waals surface area (Å²) in [6.45, 7) is 0. The molecule has 2 rings (SSSR count). The highest BCUT2D eigenvalue weighted by molar-refractivity contribution is 5.72. The molecule has 0 spiro atoms. The molecule has 0 atom stereocenters. The van der Waals surface area contributed by atoms with Crippen LogP contribution in [0.25, 0.3) is 0 Å². The lowest BCUT2D eigenvalue weighted by molar-refractivity contribution is -0.146. The molecule has 1 N–H and O–H groups in total. The first-order valence-corrected chi connectivity index (χ1v) is 6.16. The number of rotatable bonds is 3. The van der Waals surface area contributed by atoms with Gasteiger partial charge in [0.1, 0.15) is 0 Å². The molecule has 0 amide bonds. The Kier molecular flexibility index (Phi) is 3.71. The lowest BCUT2D eigenvalue weighted by Gasteiger charge is -2.34. The Morgan fingerprint density at radius 3 is 2.65 bits per heavy atom. The highest BCUT2D eigenvalue weighted by Gasteiger charge is 2.28.